The van der Waals surface area contributed by atoms with Crippen molar-refractivity contribution in [3.05, 3.63) is 59.2 Å². The number of carbonyl (C=O) groups is 2. The van der Waals surface area contributed by atoms with Gasteiger partial charge in [-0.15, -0.1) is 0 Å². The zero-order valence-electron chi connectivity index (χ0n) is 18.8. The Morgan fingerprint density at radius 1 is 1.13 bits per heavy atom. The topological polar surface area (TPSA) is 78.9 Å². The normalized spacial score (nSPS) is 14.9. The SMILES string of the molecule is Cc1ccc(OCC(=O)NC2CCN(C(=O)c3ccccc3O)CC2)c(C(C)(C)C)c1. The fourth-order valence-corrected chi connectivity index (χ4v) is 3.82. The molecule has 0 bridgehead atoms. The molecule has 31 heavy (non-hydrogen) atoms. The van der Waals surface area contributed by atoms with Crippen molar-refractivity contribution in [3.63, 3.8) is 0 Å². The number of nitrogens with zero attached hydrogens (tertiary/aromatic N) is 1. The van der Waals surface area contributed by atoms with Crippen LogP contribution in [0.2, 0.25) is 0 Å². The minimum atomic E-state index is -0.180. The summed E-state index contributed by atoms with van der Waals surface area (Å²) in [5.74, 6) is 0.383. The number of nitrogens with one attached hydrogen (secondary N) is 1. The number of amides is 2. The molecule has 0 spiro atoms. The third kappa shape index (κ3) is 5.78. The van der Waals surface area contributed by atoms with Crippen LogP contribution >= 0.6 is 0 Å². The Morgan fingerprint density at radius 3 is 2.45 bits per heavy atom. The van der Waals surface area contributed by atoms with Gasteiger partial charge in [0, 0.05) is 19.1 Å². The van der Waals surface area contributed by atoms with Crippen LogP contribution in [0, 0.1) is 6.92 Å². The van der Waals surface area contributed by atoms with Crippen LogP contribution in [0.5, 0.6) is 11.5 Å². The second-order valence-corrected chi connectivity index (χ2v) is 9.19. The van der Waals surface area contributed by atoms with Crippen LogP contribution in [-0.4, -0.2) is 47.6 Å². The van der Waals surface area contributed by atoms with Gasteiger partial charge in [0.05, 0.1) is 5.56 Å². The van der Waals surface area contributed by atoms with Crippen LogP contribution in [-0.2, 0) is 10.2 Å². The summed E-state index contributed by atoms with van der Waals surface area (Å²) in [6.07, 6.45) is 1.34. The fraction of sp³-hybridized carbons (Fsp3) is 0.440. The third-order valence-electron chi connectivity index (χ3n) is 5.58. The highest BCUT2D eigenvalue weighted by Crippen LogP contribution is 2.32. The molecule has 0 unspecified atom stereocenters. The van der Waals surface area contributed by atoms with Gasteiger partial charge in [-0.25, -0.2) is 0 Å². The molecule has 0 radical (unpaired) electrons. The Bertz CT molecular complexity index is 941. The van der Waals surface area contributed by atoms with E-state index in [-0.39, 0.29) is 35.6 Å². The molecule has 0 aromatic heterocycles. The van der Waals surface area contributed by atoms with Gasteiger partial charge in [-0.3, -0.25) is 9.59 Å². The maximum atomic E-state index is 12.6. The van der Waals surface area contributed by atoms with Gasteiger partial charge in [-0.2, -0.15) is 0 Å². The second-order valence-electron chi connectivity index (χ2n) is 9.19. The summed E-state index contributed by atoms with van der Waals surface area (Å²) in [5, 5.41) is 12.9. The smallest absolute Gasteiger partial charge is 0.258 e. The third-order valence-corrected chi connectivity index (χ3v) is 5.58. The Balaban J connectivity index is 1.50. The molecule has 2 aromatic carbocycles. The van der Waals surface area contributed by atoms with Crippen molar-refractivity contribution < 1.29 is 19.4 Å². The Hall–Kier alpha value is -3.02. The molecule has 2 N–H and O–H groups in total. The average Bonchev–Trinajstić information content (AvgIpc) is 2.72. The van der Waals surface area contributed by atoms with Crippen LogP contribution in [0.4, 0.5) is 0 Å². The second kappa shape index (κ2) is 9.41. The molecule has 0 aliphatic carbocycles. The number of piperidine rings is 1. The lowest BCUT2D eigenvalue weighted by Gasteiger charge is -2.32. The number of hydrogen-bond acceptors (Lipinski definition) is 4. The average molecular weight is 425 g/mol. The minimum Gasteiger partial charge on any atom is -0.507 e. The molecule has 1 aliphatic rings. The lowest BCUT2D eigenvalue weighted by molar-refractivity contribution is -0.124. The van der Waals surface area contributed by atoms with Crippen LogP contribution in [0.3, 0.4) is 0 Å². The molecule has 2 amide bonds. The number of phenols is 1. The molecule has 1 saturated heterocycles. The molecular weight excluding hydrogens is 392 g/mol. The first-order chi connectivity index (χ1) is 14.6. The van der Waals surface area contributed by atoms with Gasteiger partial charge in [0.25, 0.3) is 11.8 Å². The lowest BCUT2D eigenvalue weighted by Crippen LogP contribution is -2.47. The van der Waals surface area contributed by atoms with Crippen LogP contribution in [0.1, 0.15) is 55.1 Å². The first-order valence-electron chi connectivity index (χ1n) is 10.8. The van der Waals surface area contributed by atoms with Gasteiger partial charge in [-0.1, -0.05) is 50.6 Å². The van der Waals surface area contributed by atoms with Crippen molar-refractivity contribution in [2.45, 2.75) is 52.0 Å². The number of aryl methyl sites for hydroxylation is 1. The van der Waals surface area contributed by atoms with Crippen LogP contribution in [0.15, 0.2) is 42.5 Å². The van der Waals surface area contributed by atoms with E-state index in [0.29, 0.717) is 31.5 Å². The van der Waals surface area contributed by atoms with Crippen molar-refractivity contribution in [1.82, 2.24) is 10.2 Å². The molecule has 6 heteroatoms. The van der Waals surface area contributed by atoms with Gasteiger partial charge in [-0.05, 0) is 48.9 Å². The lowest BCUT2D eigenvalue weighted by atomic mass is 9.85. The minimum absolute atomic E-state index is 0.00428. The molecule has 2 aromatic rings. The quantitative estimate of drug-likeness (QED) is 0.765. The number of carbonyl (C=O) groups excluding carboxylic acids is 2. The number of aromatic hydroxyl groups is 1. The summed E-state index contributed by atoms with van der Waals surface area (Å²) < 4.78 is 5.85. The van der Waals surface area contributed by atoms with Gasteiger partial charge in [0.1, 0.15) is 11.5 Å². The van der Waals surface area contributed by atoms with E-state index >= 15 is 0 Å². The number of para-hydroxylation sites is 1. The van der Waals surface area contributed by atoms with E-state index in [1.807, 2.05) is 19.1 Å². The zero-order chi connectivity index (χ0) is 22.6. The highest BCUT2D eigenvalue weighted by Gasteiger charge is 2.26. The summed E-state index contributed by atoms with van der Waals surface area (Å²) in [5.41, 5.74) is 2.47. The highest BCUT2D eigenvalue weighted by atomic mass is 16.5. The molecule has 1 aliphatic heterocycles. The van der Waals surface area contributed by atoms with E-state index < -0.39 is 0 Å². The molecule has 0 atom stereocenters. The standard InChI is InChI=1S/C25H32N2O4/c1-17-9-10-22(20(15-17)25(2,3)4)31-16-23(29)26-18-11-13-27(14-12-18)24(30)19-7-5-6-8-21(19)28/h5-10,15,18,28H,11-14,16H2,1-4H3,(H,26,29). The highest BCUT2D eigenvalue weighted by molar-refractivity contribution is 5.96. The van der Waals surface area contributed by atoms with Gasteiger partial charge < -0.3 is 20.1 Å². The van der Waals surface area contributed by atoms with E-state index in [2.05, 4.69) is 32.2 Å². The maximum Gasteiger partial charge on any atom is 0.258 e. The molecule has 1 fully saturated rings. The number of phenolic OH excluding ortho intramolecular Hbond substituents is 1. The Labute approximate surface area is 184 Å². The molecular formula is C25H32N2O4. The van der Waals surface area contributed by atoms with Crippen molar-refractivity contribution in [3.8, 4) is 11.5 Å². The van der Waals surface area contributed by atoms with Crippen molar-refractivity contribution >= 4 is 11.8 Å². The molecule has 3 rings (SSSR count). The van der Waals surface area contributed by atoms with Crippen LogP contribution in [0.25, 0.3) is 0 Å². The fourth-order valence-electron chi connectivity index (χ4n) is 3.82. The van der Waals surface area contributed by atoms with Gasteiger partial charge in [0.2, 0.25) is 0 Å². The first kappa shape index (κ1) is 22.7. The van der Waals surface area contributed by atoms with Crippen molar-refractivity contribution in [2.24, 2.45) is 0 Å². The maximum absolute atomic E-state index is 12.6. The molecule has 6 nitrogen and oxygen atoms in total. The van der Waals surface area contributed by atoms with E-state index in [0.717, 1.165) is 16.9 Å². The largest absolute Gasteiger partial charge is 0.507 e. The molecule has 0 saturated carbocycles. The summed E-state index contributed by atoms with van der Waals surface area (Å²) in [6.45, 7) is 9.44. The monoisotopic (exact) mass is 424 g/mol. The summed E-state index contributed by atoms with van der Waals surface area (Å²) in [4.78, 5) is 26.8. The van der Waals surface area contributed by atoms with Crippen molar-refractivity contribution in [1.29, 1.82) is 0 Å². The number of benzene rings is 2. The number of ether oxygens (including phenoxy) is 1. The summed E-state index contributed by atoms with van der Waals surface area (Å²) in [6, 6.07) is 12.6. The van der Waals surface area contributed by atoms with Gasteiger partial charge >= 0.3 is 0 Å². The predicted octanol–water partition coefficient (Wildman–Crippen LogP) is 3.80. The Morgan fingerprint density at radius 2 is 1.81 bits per heavy atom. The van der Waals surface area contributed by atoms with Gasteiger partial charge in [0.15, 0.2) is 6.61 Å². The van der Waals surface area contributed by atoms with E-state index in [4.69, 9.17) is 4.74 Å². The summed E-state index contributed by atoms with van der Waals surface area (Å²) >= 11 is 0. The number of likely N-dealkylation sites (tertiary alicyclic amines) is 1. The van der Waals surface area contributed by atoms with E-state index in [9.17, 15) is 14.7 Å². The van der Waals surface area contributed by atoms with E-state index in [1.165, 1.54) is 6.07 Å². The number of rotatable bonds is 5. The van der Waals surface area contributed by atoms with Crippen molar-refractivity contribution in [2.75, 3.05) is 19.7 Å². The zero-order valence-corrected chi connectivity index (χ0v) is 18.8. The van der Waals surface area contributed by atoms with E-state index in [1.54, 1.807) is 23.1 Å². The van der Waals surface area contributed by atoms with Crippen LogP contribution < -0.4 is 10.1 Å². The predicted molar refractivity (Wildman–Crippen MR) is 121 cm³/mol. The number of hydrogen-bond donors (Lipinski definition) is 2. The summed E-state index contributed by atoms with van der Waals surface area (Å²) in [7, 11) is 0. The molecule has 1 heterocycles. The molecule has 166 valence electrons. The Kier molecular flexibility index (Phi) is 6.88. The first-order valence-corrected chi connectivity index (χ1v) is 10.8.